The summed E-state index contributed by atoms with van der Waals surface area (Å²) in [7, 11) is 0. The summed E-state index contributed by atoms with van der Waals surface area (Å²) >= 11 is 0. The molecule has 24 heavy (non-hydrogen) atoms. The van der Waals surface area contributed by atoms with E-state index < -0.39 is 6.10 Å². The summed E-state index contributed by atoms with van der Waals surface area (Å²) in [5.74, 6) is 0.256. The number of oxazole rings is 1. The molecule has 2 N–H and O–H groups in total. The second kappa shape index (κ2) is 7.59. The molecule has 2 aromatic rings. The third-order valence-electron chi connectivity index (χ3n) is 4.38. The van der Waals surface area contributed by atoms with Crippen LogP contribution in [0.2, 0.25) is 0 Å². The molecular weight excluding hydrogens is 308 g/mol. The molecule has 2 heterocycles. The average molecular weight is 330 g/mol. The fourth-order valence-electron chi connectivity index (χ4n) is 2.87. The number of rotatable bonds is 5. The predicted molar refractivity (Wildman–Crippen MR) is 88.6 cm³/mol. The zero-order chi connectivity index (χ0) is 16.9. The maximum absolute atomic E-state index is 12.4. The second-order valence-corrected chi connectivity index (χ2v) is 6.12. The number of ether oxygens (including phenoxy) is 1. The van der Waals surface area contributed by atoms with Crippen LogP contribution < -0.4 is 5.32 Å². The van der Waals surface area contributed by atoms with Gasteiger partial charge < -0.3 is 19.6 Å². The molecule has 1 fully saturated rings. The largest absolute Gasteiger partial charge is 0.443 e. The molecule has 1 aliphatic rings. The van der Waals surface area contributed by atoms with E-state index in [1.165, 1.54) is 6.39 Å². The highest BCUT2D eigenvalue weighted by Gasteiger charge is 2.24. The van der Waals surface area contributed by atoms with Gasteiger partial charge in [-0.3, -0.25) is 4.79 Å². The molecule has 0 saturated carbocycles. The summed E-state index contributed by atoms with van der Waals surface area (Å²) in [5.41, 5.74) is 2.16. The number of hydrogen-bond donors (Lipinski definition) is 2. The van der Waals surface area contributed by atoms with Gasteiger partial charge in [-0.15, -0.1) is 0 Å². The molecule has 0 unspecified atom stereocenters. The van der Waals surface area contributed by atoms with Crippen molar-refractivity contribution < 1.29 is 19.1 Å². The Morgan fingerprint density at radius 3 is 2.75 bits per heavy atom. The van der Waals surface area contributed by atoms with Crippen LogP contribution in [0.1, 0.15) is 28.9 Å². The van der Waals surface area contributed by atoms with Crippen molar-refractivity contribution in [1.29, 1.82) is 0 Å². The predicted octanol–water partition coefficient (Wildman–Crippen LogP) is 2.17. The fourth-order valence-corrected chi connectivity index (χ4v) is 2.87. The van der Waals surface area contributed by atoms with Crippen LogP contribution in [0.3, 0.4) is 0 Å². The van der Waals surface area contributed by atoms with Crippen molar-refractivity contribution in [3.8, 4) is 11.3 Å². The smallest absolute Gasteiger partial charge is 0.274 e. The summed E-state index contributed by atoms with van der Waals surface area (Å²) in [5, 5.41) is 13.0. The van der Waals surface area contributed by atoms with E-state index >= 15 is 0 Å². The van der Waals surface area contributed by atoms with Gasteiger partial charge in [0.15, 0.2) is 17.8 Å². The van der Waals surface area contributed by atoms with Crippen LogP contribution in [0.15, 0.2) is 35.1 Å². The van der Waals surface area contributed by atoms with Gasteiger partial charge in [-0.05, 0) is 25.7 Å². The van der Waals surface area contributed by atoms with Gasteiger partial charge in [-0.1, -0.05) is 29.8 Å². The Hall–Kier alpha value is -2.18. The van der Waals surface area contributed by atoms with Crippen molar-refractivity contribution in [2.24, 2.45) is 5.92 Å². The summed E-state index contributed by atoms with van der Waals surface area (Å²) in [6.45, 7) is 3.52. The number of benzene rings is 1. The number of carbonyl (C=O) groups excluding carboxylic acids is 1. The van der Waals surface area contributed by atoms with Crippen LogP contribution in [-0.2, 0) is 4.74 Å². The standard InChI is InChI=1S/C18H22N2O4/c1-12-2-4-14(5-3-12)17-16(20-11-24-17)18(22)19-10-15(21)13-6-8-23-9-7-13/h2-5,11,13,15,21H,6-10H2,1H3,(H,19,22)/t15-/m0/s1. The number of nitrogens with zero attached hydrogens (tertiary/aromatic N) is 1. The summed E-state index contributed by atoms with van der Waals surface area (Å²) in [6, 6.07) is 7.69. The van der Waals surface area contributed by atoms with Crippen molar-refractivity contribution in [2.75, 3.05) is 19.8 Å². The van der Waals surface area contributed by atoms with Gasteiger partial charge in [0.1, 0.15) is 0 Å². The van der Waals surface area contributed by atoms with E-state index in [4.69, 9.17) is 9.15 Å². The first-order chi connectivity index (χ1) is 11.6. The van der Waals surface area contributed by atoms with Crippen molar-refractivity contribution in [2.45, 2.75) is 25.9 Å². The summed E-state index contributed by atoms with van der Waals surface area (Å²) in [6.07, 6.45) is 2.32. The maximum atomic E-state index is 12.4. The summed E-state index contributed by atoms with van der Waals surface area (Å²) < 4.78 is 10.7. The Morgan fingerprint density at radius 2 is 2.04 bits per heavy atom. The van der Waals surface area contributed by atoms with Crippen molar-refractivity contribution in [1.82, 2.24) is 10.3 Å². The third-order valence-corrected chi connectivity index (χ3v) is 4.38. The number of carbonyl (C=O) groups is 1. The third kappa shape index (κ3) is 3.83. The Balaban J connectivity index is 1.63. The molecule has 128 valence electrons. The van der Waals surface area contributed by atoms with Gasteiger partial charge in [0.25, 0.3) is 5.91 Å². The maximum Gasteiger partial charge on any atom is 0.274 e. The van der Waals surface area contributed by atoms with Crippen LogP contribution in [-0.4, -0.2) is 41.9 Å². The van der Waals surface area contributed by atoms with Crippen molar-refractivity contribution in [3.63, 3.8) is 0 Å². The van der Waals surface area contributed by atoms with Crippen molar-refractivity contribution in [3.05, 3.63) is 41.9 Å². The lowest BCUT2D eigenvalue weighted by Crippen LogP contribution is -2.38. The SMILES string of the molecule is Cc1ccc(-c2ocnc2C(=O)NC[C@H](O)C2CCOCC2)cc1. The van der Waals surface area contributed by atoms with E-state index in [1.54, 1.807) is 0 Å². The number of aromatic nitrogens is 1. The highest BCUT2D eigenvalue weighted by molar-refractivity contribution is 5.97. The molecule has 1 aromatic heterocycles. The van der Waals surface area contributed by atoms with Crippen LogP contribution in [0, 0.1) is 12.8 Å². The normalized spacial score (nSPS) is 16.8. The zero-order valence-electron chi connectivity index (χ0n) is 13.7. The molecular formula is C18H22N2O4. The number of nitrogens with one attached hydrogen (secondary N) is 1. The van der Waals surface area contributed by atoms with Crippen LogP contribution in [0.25, 0.3) is 11.3 Å². The van der Waals surface area contributed by atoms with Gasteiger partial charge in [0.05, 0.1) is 6.10 Å². The molecule has 0 aliphatic carbocycles. The minimum Gasteiger partial charge on any atom is -0.443 e. The first-order valence-electron chi connectivity index (χ1n) is 8.19. The fraction of sp³-hybridized carbons (Fsp3) is 0.444. The molecule has 1 saturated heterocycles. The quantitative estimate of drug-likeness (QED) is 0.878. The number of aliphatic hydroxyl groups excluding tert-OH is 1. The molecule has 6 heteroatoms. The molecule has 1 atom stereocenters. The van der Waals surface area contributed by atoms with E-state index in [2.05, 4.69) is 10.3 Å². The molecule has 0 bridgehead atoms. The van der Waals surface area contributed by atoms with Crippen LogP contribution in [0.4, 0.5) is 0 Å². The van der Waals surface area contributed by atoms with Crippen LogP contribution in [0.5, 0.6) is 0 Å². The number of aliphatic hydroxyl groups is 1. The van der Waals surface area contributed by atoms with Gasteiger partial charge in [0.2, 0.25) is 0 Å². The molecule has 0 radical (unpaired) electrons. The summed E-state index contributed by atoms with van der Waals surface area (Å²) in [4.78, 5) is 16.4. The molecule has 6 nitrogen and oxygen atoms in total. The second-order valence-electron chi connectivity index (χ2n) is 6.12. The Bertz CT molecular complexity index is 675. The Morgan fingerprint density at radius 1 is 1.33 bits per heavy atom. The van der Waals surface area contributed by atoms with Crippen LogP contribution >= 0.6 is 0 Å². The molecule has 1 aromatic carbocycles. The van der Waals surface area contributed by atoms with E-state index in [0.717, 1.165) is 24.0 Å². The lowest BCUT2D eigenvalue weighted by Gasteiger charge is -2.26. The molecule has 1 amide bonds. The van der Waals surface area contributed by atoms with E-state index in [1.807, 2.05) is 31.2 Å². The minimum absolute atomic E-state index is 0.160. The van der Waals surface area contributed by atoms with Crippen molar-refractivity contribution >= 4 is 5.91 Å². The lowest BCUT2D eigenvalue weighted by atomic mass is 9.94. The molecule has 3 rings (SSSR count). The monoisotopic (exact) mass is 330 g/mol. The number of amides is 1. The van der Waals surface area contributed by atoms with Gasteiger partial charge in [-0.2, -0.15) is 0 Å². The minimum atomic E-state index is -0.576. The first-order valence-corrected chi connectivity index (χ1v) is 8.19. The van der Waals surface area contributed by atoms with Gasteiger partial charge >= 0.3 is 0 Å². The first kappa shape index (κ1) is 16.7. The lowest BCUT2D eigenvalue weighted by molar-refractivity contribution is 0.00871. The van der Waals surface area contributed by atoms with E-state index in [-0.39, 0.29) is 24.1 Å². The van der Waals surface area contributed by atoms with Gasteiger partial charge in [0, 0.05) is 25.3 Å². The topological polar surface area (TPSA) is 84.6 Å². The Kier molecular flexibility index (Phi) is 5.27. The molecule has 1 aliphatic heterocycles. The average Bonchev–Trinajstić information content (AvgIpc) is 3.10. The van der Waals surface area contributed by atoms with E-state index in [9.17, 15) is 9.90 Å². The zero-order valence-corrected chi connectivity index (χ0v) is 13.7. The van der Waals surface area contributed by atoms with Gasteiger partial charge in [-0.25, -0.2) is 4.98 Å². The number of aryl methyl sites for hydroxylation is 1. The highest BCUT2D eigenvalue weighted by Crippen LogP contribution is 2.23. The molecule has 0 spiro atoms. The highest BCUT2D eigenvalue weighted by atomic mass is 16.5. The van der Waals surface area contributed by atoms with E-state index in [0.29, 0.717) is 19.0 Å². The Labute approximate surface area is 140 Å². The number of hydrogen-bond acceptors (Lipinski definition) is 5.